The molecule has 0 saturated heterocycles. The molecule has 1 N–H and O–H groups in total. The first-order valence-electron chi connectivity index (χ1n) is 6.61. The quantitative estimate of drug-likeness (QED) is 0.661. The number of benzene rings is 2. The van der Waals surface area contributed by atoms with Gasteiger partial charge in [-0.25, -0.2) is 0 Å². The van der Waals surface area contributed by atoms with E-state index < -0.39 is 6.10 Å². The smallest absolute Gasteiger partial charge is 0.0851 e. The summed E-state index contributed by atoms with van der Waals surface area (Å²) in [5, 5.41) is 11.6. The van der Waals surface area contributed by atoms with Gasteiger partial charge in [-0.05, 0) is 23.8 Å². The van der Waals surface area contributed by atoms with Crippen molar-refractivity contribution in [3.63, 3.8) is 0 Å². The van der Waals surface area contributed by atoms with Gasteiger partial charge in [0, 0.05) is 32.5 Å². The van der Waals surface area contributed by atoms with Gasteiger partial charge < -0.3 is 5.11 Å². The van der Waals surface area contributed by atoms with E-state index in [1.807, 2.05) is 48.5 Å². The fraction of sp³-hybridized carbons (Fsp3) is 0.118. The molecule has 3 aromatic rings. The molecule has 0 amide bonds. The highest BCUT2D eigenvalue weighted by Crippen LogP contribution is 2.31. The van der Waals surface area contributed by atoms with Crippen LogP contribution in [0.2, 0.25) is 0 Å². The number of aliphatic hydroxyl groups excluding tert-OH is 1. The number of fused-ring (bicyclic) bond motifs is 1. The fourth-order valence-corrected chi connectivity index (χ4v) is 3.31. The zero-order valence-electron chi connectivity index (χ0n) is 11.1. The second-order valence-electron chi connectivity index (χ2n) is 4.85. The summed E-state index contributed by atoms with van der Waals surface area (Å²) in [6.07, 6.45) is 1.72. The van der Waals surface area contributed by atoms with Crippen LogP contribution >= 0.6 is 31.9 Å². The van der Waals surface area contributed by atoms with Crippen molar-refractivity contribution in [2.75, 3.05) is 0 Å². The Bertz CT molecular complexity index is 789. The second kappa shape index (κ2) is 6.26. The van der Waals surface area contributed by atoms with Crippen LogP contribution in [0.5, 0.6) is 0 Å². The number of rotatable bonds is 3. The van der Waals surface area contributed by atoms with Crippen LogP contribution in [0, 0.1) is 0 Å². The molecular formula is C17H13Br2NO. The Labute approximate surface area is 140 Å². The van der Waals surface area contributed by atoms with Crippen LogP contribution in [-0.4, -0.2) is 10.1 Å². The molecule has 2 aromatic carbocycles. The first-order chi connectivity index (χ1) is 10.2. The maximum absolute atomic E-state index is 10.6. The molecule has 2 nitrogen and oxygen atoms in total. The third-order valence-corrected chi connectivity index (χ3v) is 4.94. The Morgan fingerprint density at radius 3 is 2.57 bits per heavy atom. The summed E-state index contributed by atoms with van der Waals surface area (Å²) in [7, 11) is 0. The number of halogens is 2. The summed E-state index contributed by atoms with van der Waals surface area (Å²) in [5.74, 6) is 0. The highest BCUT2D eigenvalue weighted by Gasteiger charge is 2.15. The van der Waals surface area contributed by atoms with E-state index in [0.29, 0.717) is 6.42 Å². The van der Waals surface area contributed by atoms with E-state index in [4.69, 9.17) is 0 Å². The molecule has 0 radical (unpaired) electrons. The SMILES string of the molecule is OC(Cc1ccccc1Br)c1ccc(Br)c2cccnc12. The van der Waals surface area contributed by atoms with E-state index in [1.165, 1.54) is 0 Å². The van der Waals surface area contributed by atoms with E-state index in [2.05, 4.69) is 36.8 Å². The Balaban J connectivity index is 2.01. The minimum atomic E-state index is -0.589. The van der Waals surface area contributed by atoms with Gasteiger partial charge >= 0.3 is 0 Å². The second-order valence-corrected chi connectivity index (χ2v) is 6.56. The lowest BCUT2D eigenvalue weighted by Gasteiger charge is -2.15. The van der Waals surface area contributed by atoms with Crippen LogP contribution in [0.3, 0.4) is 0 Å². The van der Waals surface area contributed by atoms with Gasteiger partial charge in [0.05, 0.1) is 11.6 Å². The Kier molecular flexibility index (Phi) is 4.38. The molecule has 21 heavy (non-hydrogen) atoms. The van der Waals surface area contributed by atoms with E-state index in [1.54, 1.807) is 6.20 Å². The van der Waals surface area contributed by atoms with Crippen molar-refractivity contribution in [1.29, 1.82) is 0 Å². The molecule has 0 bridgehead atoms. The van der Waals surface area contributed by atoms with Crippen molar-refractivity contribution in [3.05, 3.63) is 74.8 Å². The van der Waals surface area contributed by atoms with E-state index in [-0.39, 0.29) is 0 Å². The summed E-state index contributed by atoms with van der Waals surface area (Å²) < 4.78 is 2.00. The largest absolute Gasteiger partial charge is 0.388 e. The third-order valence-electron chi connectivity index (χ3n) is 3.48. The lowest BCUT2D eigenvalue weighted by molar-refractivity contribution is 0.179. The lowest BCUT2D eigenvalue weighted by Crippen LogP contribution is -2.04. The number of pyridine rings is 1. The molecular weight excluding hydrogens is 394 g/mol. The van der Waals surface area contributed by atoms with Crippen LogP contribution in [0.25, 0.3) is 10.9 Å². The first kappa shape index (κ1) is 14.7. The van der Waals surface area contributed by atoms with Gasteiger partial charge in [0.25, 0.3) is 0 Å². The van der Waals surface area contributed by atoms with Gasteiger partial charge in [0.2, 0.25) is 0 Å². The zero-order valence-corrected chi connectivity index (χ0v) is 14.3. The predicted molar refractivity (Wildman–Crippen MR) is 92.2 cm³/mol. The van der Waals surface area contributed by atoms with Gasteiger partial charge in [-0.15, -0.1) is 0 Å². The molecule has 0 aliphatic rings. The number of hydrogen-bond acceptors (Lipinski definition) is 2. The molecule has 106 valence electrons. The Hall–Kier alpha value is -1.23. The number of aromatic nitrogens is 1. The number of aliphatic hydroxyl groups is 1. The third kappa shape index (κ3) is 3.03. The van der Waals surface area contributed by atoms with Crippen molar-refractivity contribution in [1.82, 2.24) is 4.98 Å². The zero-order chi connectivity index (χ0) is 14.8. The van der Waals surface area contributed by atoms with Crippen LogP contribution in [0.1, 0.15) is 17.2 Å². The monoisotopic (exact) mass is 405 g/mol. The van der Waals surface area contributed by atoms with E-state index >= 15 is 0 Å². The van der Waals surface area contributed by atoms with Gasteiger partial charge in [0.15, 0.2) is 0 Å². The van der Waals surface area contributed by atoms with Gasteiger partial charge in [-0.3, -0.25) is 4.98 Å². The van der Waals surface area contributed by atoms with E-state index in [0.717, 1.165) is 31.0 Å². The minimum absolute atomic E-state index is 0.550. The van der Waals surface area contributed by atoms with Crippen molar-refractivity contribution < 1.29 is 5.11 Å². The summed E-state index contributed by atoms with van der Waals surface area (Å²) in [4.78, 5) is 4.43. The normalized spacial score (nSPS) is 12.5. The maximum Gasteiger partial charge on any atom is 0.0851 e. The van der Waals surface area contributed by atoms with Crippen molar-refractivity contribution in [2.45, 2.75) is 12.5 Å². The maximum atomic E-state index is 10.6. The molecule has 1 unspecified atom stereocenters. The van der Waals surface area contributed by atoms with Gasteiger partial charge in [0.1, 0.15) is 0 Å². The molecule has 1 aromatic heterocycles. The van der Waals surface area contributed by atoms with E-state index in [9.17, 15) is 5.11 Å². The standard InChI is InChI=1S/C17H13Br2NO/c18-14-6-2-1-4-11(14)10-16(21)13-7-8-15(19)12-5-3-9-20-17(12)13/h1-9,16,21H,10H2. The van der Waals surface area contributed by atoms with Crippen LogP contribution in [0.4, 0.5) is 0 Å². The van der Waals surface area contributed by atoms with Crippen molar-refractivity contribution in [3.8, 4) is 0 Å². The molecule has 0 saturated carbocycles. The topological polar surface area (TPSA) is 33.1 Å². The molecule has 0 aliphatic carbocycles. The first-order valence-corrected chi connectivity index (χ1v) is 8.20. The molecule has 0 fully saturated rings. The Morgan fingerprint density at radius 1 is 0.952 bits per heavy atom. The van der Waals surface area contributed by atoms with Crippen molar-refractivity contribution in [2.24, 2.45) is 0 Å². The molecule has 0 spiro atoms. The highest BCUT2D eigenvalue weighted by molar-refractivity contribution is 9.11. The summed E-state index contributed by atoms with van der Waals surface area (Å²) in [6.45, 7) is 0. The molecule has 4 heteroatoms. The molecule has 0 aliphatic heterocycles. The van der Waals surface area contributed by atoms with Crippen molar-refractivity contribution >= 4 is 42.8 Å². The predicted octanol–water partition coefficient (Wildman–Crippen LogP) is 5.04. The van der Waals surface area contributed by atoms with Crippen LogP contribution in [-0.2, 0) is 6.42 Å². The van der Waals surface area contributed by atoms with Gasteiger partial charge in [-0.2, -0.15) is 0 Å². The molecule has 1 atom stereocenters. The summed E-state index contributed by atoms with van der Waals surface area (Å²) in [5.41, 5.74) is 2.77. The highest BCUT2D eigenvalue weighted by atomic mass is 79.9. The fourth-order valence-electron chi connectivity index (χ4n) is 2.41. The lowest BCUT2D eigenvalue weighted by atomic mass is 9.99. The van der Waals surface area contributed by atoms with Crippen LogP contribution < -0.4 is 0 Å². The minimum Gasteiger partial charge on any atom is -0.388 e. The average molecular weight is 407 g/mol. The molecule has 1 heterocycles. The van der Waals surface area contributed by atoms with Crippen LogP contribution in [0.15, 0.2) is 63.7 Å². The average Bonchev–Trinajstić information content (AvgIpc) is 2.50. The summed E-state index contributed by atoms with van der Waals surface area (Å²) in [6, 6.07) is 15.7. The summed E-state index contributed by atoms with van der Waals surface area (Å²) >= 11 is 7.05. The number of nitrogens with zero attached hydrogens (tertiary/aromatic N) is 1. The number of hydrogen-bond donors (Lipinski definition) is 1. The van der Waals surface area contributed by atoms with Gasteiger partial charge in [-0.1, -0.05) is 62.2 Å². The molecule has 3 rings (SSSR count). The Morgan fingerprint density at radius 2 is 1.76 bits per heavy atom.